The fourth-order valence-electron chi connectivity index (χ4n) is 3.80. The number of nitrogens with one attached hydrogen (secondary N) is 1. The summed E-state index contributed by atoms with van der Waals surface area (Å²) in [7, 11) is 0. The Kier molecular flexibility index (Phi) is 4.99. The lowest BCUT2D eigenvalue weighted by Crippen LogP contribution is -2.38. The summed E-state index contributed by atoms with van der Waals surface area (Å²) in [6.45, 7) is 0.560. The second kappa shape index (κ2) is 7.54. The van der Waals surface area contributed by atoms with Crippen LogP contribution >= 0.6 is 0 Å². The summed E-state index contributed by atoms with van der Waals surface area (Å²) in [4.78, 5) is 4.11. The fraction of sp³-hybridized carbons (Fsp3) is 0.476. The lowest BCUT2D eigenvalue weighted by molar-refractivity contribution is 0.305. The fourth-order valence-corrected chi connectivity index (χ4v) is 3.80. The average molecular weight is 337 g/mol. The zero-order valence-electron chi connectivity index (χ0n) is 14.6. The van der Waals surface area contributed by atoms with E-state index in [4.69, 9.17) is 10.5 Å². The molecule has 25 heavy (non-hydrogen) atoms. The number of hydrogen-bond acceptors (Lipinski definition) is 4. The molecule has 1 aromatic carbocycles. The number of benzene rings is 1. The van der Waals surface area contributed by atoms with Crippen LogP contribution in [0.3, 0.4) is 0 Å². The number of ether oxygens (including phenoxy) is 1. The van der Waals surface area contributed by atoms with Gasteiger partial charge < -0.3 is 15.8 Å². The van der Waals surface area contributed by atoms with Crippen molar-refractivity contribution in [2.75, 3.05) is 0 Å². The van der Waals surface area contributed by atoms with Crippen LogP contribution in [0.4, 0.5) is 0 Å². The van der Waals surface area contributed by atoms with Crippen molar-refractivity contribution in [3.63, 3.8) is 0 Å². The van der Waals surface area contributed by atoms with Crippen LogP contribution in [0.25, 0.3) is 0 Å². The SMILES string of the molecule is NC1CCC(N[C@@H]2C[C@H]2c2ccc(OCc3cccnc3)cc2)CC1. The summed E-state index contributed by atoms with van der Waals surface area (Å²) >= 11 is 0. The summed E-state index contributed by atoms with van der Waals surface area (Å²) in [5.74, 6) is 1.57. The predicted octanol–water partition coefficient (Wildman–Crippen LogP) is 3.38. The lowest BCUT2D eigenvalue weighted by Gasteiger charge is -2.27. The summed E-state index contributed by atoms with van der Waals surface area (Å²) < 4.78 is 5.84. The number of pyridine rings is 1. The van der Waals surface area contributed by atoms with Crippen LogP contribution in [0, 0.1) is 0 Å². The van der Waals surface area contributed by atoms with Crippen molar-refractivity contribution in [2.24, 2.45) is 5.73 Å². The Bertz CT molecular complexity index is 665. The maximum absolute atomic E-state index is 5.99. The summed E-state index contributed by atoms with van der Waals surface area (Å²) in [5, 5.41) is 3.83. The minimum atomic E-state index is 0.423. The Balaban J connectivity index is 1.25. The van der Waals surface area contributed by atoms with Gasteiger partial charge in [0.25, 0.3) is 0 Å². The zero-order valence-corrected chi connectivity index (χ0v) is 14.6. The minimum absolute atomic E-state index is 0.423. The van der Waals surface area contributed by atoms with E-state index in [1.54, 1.807) is 6.20 Å². The molecule has 4 nitrogen and oxygen atoms in total. The Hall–Kier alpha value is -1.91. The first-order valence-corrected chi connectivity index (χ1v) is 9.41. The van der Waals surface area contributed by atoms with Gasteiger partial charge in [0.15, 0.2) is 0 Å². The average Bonchev–Trinajstić information content (AvgIpc) is 3.42. The molecule has 3 N–H and O–H groups in total. The van der Waals surface area contributed by atoms with Crippen LogP contribution in [0.2, 0.25) is 0 Å². The van der Waals surface area contributed by atoms with Gasteiger partial charge in [-0.3, -0.25) is 4.98 Å². The van der Waals surface area contributed by atoms with Crippen LogP contribution in [0.1, 0.15) is 49.1 Å². The van der Waals surface area contributed by atoms with Crippen LogP contribution in [0.5, 0.6) is 5.75 Å². The third-order valence-electron chi connectivity index (χ3n) is 5.45. The van der Waals surface area contributed by atoms with E-state index < -0.39 is 0 Å². The van der Waals surface area contributed by atoms with E-state index in [0.29, 0.717) is 30.7 Å². The molecule has 1 heterocycles. The molecule has 0 radical (unpaired) electrons. The number of hydrogen-bond donors (Lipinski definition) is 2. The molecule has 2 fully saturated rings. The van der Waals surface area contributed by atoms with Crippen molar-refractivity contribution < 1.29 is 4.74 Å². The smallest absolute Gasteiger partial charge is 0.119 e. The van der Waals surface area contributed by atoms with Crippen LogP contribution < -0.4 is 15.8 Å². The van der Waals surface area contributed by atoms with Crippen molar-refractivity contribution in [3.8, 4) is 5.75 Å². The molecule has 4 rings (SSSR count). The van der Waals surface area contributed by atoms with E-state index in [9.17, 15) is 0 Å². The normalized spacial score (nSPS) is 28.5. The maximum atomic E-state index is 5.99. The molecule has 0 amide bonds. The summed E-state index contributed by atoms with van der Waals surface area (Å²) in [6, 6.07) is 14.3. The molecule has 132 valence electrons. The van der Waals surface area contributed by atoms with Crippen LogP contribution in [-0.2, 0) is 6.61 Å². The molecule has 1 aromatic heterocycles. The Morgan fingerprint density at radius 1 is 1.08 bits per heavy atom. The zero-order chi connectivity index (χ0) is 17.1. The third kappa shape index (κ3) is 4.39. The van der Waals surface area contributed by atoms with E-state index in [1.807, 2.05) is 18.3 Å². The molecule has 0 bridgehead atoms. The molecular formula is C21H27N3O. The molecule has 0 aliphatic heterocycles. The van der Waals surface area contributed by atoms with E-state index in [0.717, 1.165) is 24.2 Å². The van der Waals surface area contributed by atoms with Crippen molar-refractivity contribution in [2.45, 2.75) is 62.8 Å². The van der Waals surface area contributed by atoms with Gasteiger partial charge in [0.05, 0.1) is 0 Å². The van der Waals surface area contributed by atoms with Gasteiger partial charge in [-0.2, -0.15) is 0 Å². The Morgan fingerprint density at radius 3 is 2.60 bits per heavy atom. The van der Waals surface area contributed by atoms with Gasteiger partial charge in [0, 0.05) is 42.0 Å². The first kappa shape index (κ1) is 16.6. The first-order chi connectivity index (χ1) is 12.3. The highest BCUT2D eigenvalue weighted by Gasteiger charge is 2.39. The van der Waals surface area contributed by atoms with Crippen molar-refractivity contribution >= 4 is 0 Å². The molecule has 4 heteroatoms. The van der Waals surface area contributed by atoms with Gasteiger partial charge in [-0.05, 0) is 55.9 Å². The van der Waals surface area contributed by atoms with Crippen molar-refractivity contribution in [1.29, 1.82) is 0 Å². The van der Waals surface area contributed by atoms with Crippen LogP contribution in [-0.4, -0.2) is 23.1 Å². The van der Waals surface area contributed by atoms with Gasteiger partial charge >= 0.3 is 0 Å². The minimum Gasteiger partial charge on any atom is -0.489 e. The standard InChI is InChI=1S/C21H27N3O/c22-17-5-7-18(8-6-17)24-21-12-20(21)16-3-9-19(10-4-16)25-14-15-2-1-11-23-13-15/h1-4,9-11,13,17-18,20-21,24H,5-8,12,14,22H2/t17?,18?,20-,21+/m0/s1. The van der Waals surface area contributed by atoms with Gasteiger partial charge in [-0.15, -0.1) is 0 Å². The second-order valence-corrected chi connectivity index (χ2v) is 7.45. The topological polar surface area (TPSA) is 60.2 Å². The predicted molar refractivity (Wildman–Crippen MR) is 99.5 cm³/mol. The second-order valence-electron chi connectivity index (χ2n) is 7.45. The quantitative estimate of drug-likeness (QED) is 0.848. The van der Waals surface area contributed by atoms with Crippen LogP contribution in [0.15, 0.2) is 48.8 Å². The summed E-state index contributed by atoms with van der Waals surface area (Å²) in [5.41, 5.74) is 8.50. The van der Waals surface area contributed by atoms with E-state index in [-0.39, 0.29) is 0 Å². The highest BCUT2D eigenvalue weighted by atomic mass is 16.5. The van der Waals surface area contributed by atoms with Gasteiger partial charge in [0.1, 0.15) is 12.4 Å². The maximum Gasteiger partial charge on any atom is 0.119 e. The number of nitrogens with two attached hydrogens (primary N) is 1. The molecule has 2 aliphatic rings. The number of aromatic nitrogens is 1. The number of nitrogens with zero attached hydrogens (tertiary/aromatic N) is 1. The molecule has 0 spiro atoms. The molecule has 2 aliphatic carbocycles. The Labute approximate surface area is 149 Å². The summed E-state index contributed by atoms with van der Waals surface area (Å²) in [6.07, 6.45) is 9.65. The van der Waals surface area contributed by atoms with E-state index in [2.05, 4.69) is 34.6 Å². The molecule has 2 saturated carbocycles. The highest BCUT2D eigenvalue weighted by molar-refractivity contribution is 5.34. The van der Waals surface area contributed by atoms with Crippen molar-refractivity contribution in [3.05, 3.63) is 59.9 Å². The first-order valence-electron chi connectivity index (χ1n) is 9.41. The molecule has 0 unspecified atom stereocenters. The van der Waals surface area contributed by atoms with Crippen molar-refractivity contribution in [1.82, 2.24) is 10.3 Å². The Morgan fingerprint density at radius 2 is 1.88 bits per heavy atom. The number of rotatable bonds is 6. The molecular weight excluding hydrogens is 310 g/mol. The largest absolute Gasteiger partial charge is 0.489 e. The van der Waals surface area contributed by atoms with Gasteiger partial charge in [-0.25, -0.2) is 0 Å². The van der Waals surface area contributed by atoms with Gasteiger partial charge in [0.2, 0.25) is 0 Å². The van der Waals surface area contributed by atoms with Gasteiger partial charge in [-0.1, -0.05) is 18.2 Å². The monoisotopic (exact) mass is 337 g/mol. The van der Waals surface area contributed by atoms with E-state index >= 15 is 0 Å². The molecule has 2 atom stereocenters. The highest BCUT2D eigenvalue weighted by Crippen LogP contribution is 2.42. The molecule has 2 aromatic rings. The lowest BCUT2D eigenvalue weighted by atomic mass is 9.92. The van der Waals surface area contributed by atoms with E-state index in [1.165, 1.54) is 24.8 Å². The third-order valence-corrected chi connectivity index (χ3v) is 5.45. The molecule has 0 saturated heterocycles.